The predicted molar refractivity (Wildman–Crippen MR) is 59.2 cm³/mol. The van der Waals surface area contributed by atoms with Crippen molar-refractivity contribution in [2.24, 2.45) is 0 Å². The molecule has 1 aromatic heterocycles. The molecule has 1 heterocycles. The number of hydrogen-bond acceptors (Lipinski definition) is 4. The molecule has 5 nitrogen and oxygen atoms in total. The molecule has 0 spiro atoms. The largest absolute Gasteiger partial charge is 0.476 e. The highest BCUT2D eigenvalue weighted by molar-refractivity contribution is 7.99. The van der Waals surface area contributed by atoms with Crippen LogP contribution in [0.25, 0.3) is 0 Å². The van der Waals surface area contributed by atoms with Crippen LogP contribution in [0.4, 0.5) is 0 Å². The van der Waals surface area contributed by atoms with Crippen molar-refractivity contribution in [1.29, 1.82) is 0 Å². The van der Waals surface area contributed by atoms with Gasteiger partial charge in [0.15, 0.2) is 5.69 Å². The van der Waals surface area contributed by atoms with Crippen molar-refractivity contribution in [2.75, 3.05) is 5.75 Å². The predicted octanol–water partition coefficient (Wildman–Crippen LogP) is 1.51. The second-order valence-corrected chi connectivity index (χ2v) is 4.81. The Bertz CT molecular complexity index is 327. The first-order chi connectivity index (χ1) is 7.13. The summed E-state index contributed by atoms with van der Waals surface area (Å²) in [6.45, 7) is 5.03. The lowest BCUT2D eigenvalue weighted by Crippen LogP contribution is -2.04. The number of rotatable bonds is 6. The van der Waals surface area contributed by atoms with Crippen LogP contribution in [0.5, 0.6) is 0 Å². The maximum Gasteiger partial charge on any atom is 0.358 e. The molecule has 0 aromatic carbocycles. The molecule has 84 valence electrons. The minimum absolute atomic E-state index is 0.00328. The molecular weight excluding hydrogens is 214 g/mol. The molecule has 15 heavy (non-hydrogen) atoms. The summed E-state index contributed by atoms with van der Waals surface area (Å²) in [7, 11) is 0. The van der Waals surface area contributed by atoms with E-state index in [2.05, 4.69) is 24.2 Å². The Balaban J connectivity index is 2.35. The number of aromatic carboxylic acids is 1. The Morgan fingerprint density at radius 1 is 1.73 bits per heavy atom. The molecule has 0 bridgehead atoms. The smallest absolute Gasteiger partial charge is 0.358 e. The number of carboxylic acid groups (broad SMARTS) is 1. The number of hydrogen-bond donors (Lipinski definition) is 1. The molecule has 0 saturated carbocycles. The van der Waals surface area contributed by atoms with E-state index in [9.17, 15) is 4.79 Å². The molecule has 1 N–H and O–H groups in total. The topological polar surface area (TPSA) is 68.0 Å². The Labute approximate surface area is 92.9 Å². The van der Waals surface area contributed by atoms with Crippen molar-refractivity contribution in [1.82, 2.24) is 15.0 Å². The monoisotopic (exact) mass is 229 g/mol. The summed E-state index contributed by atoms with van der Waals surface area (Å²) >= 11 is 1.85. The molecule has 0 aliphatic rings. The number of aromatic nitrogens is 3. The number of aryl methyl sites for hydroxylation is 1. The van der Waals surface area contributed by atoms with E-state index in [4.69, 9.17) is 5.11 Å². The SMILES string of the molecule is CCC(C)SCCn1cc(C(=O)O)nn1. The first-order valence-electron chi connectivity index (χ1n) is 4.88. The molecule has 1 rings (SSSR count). The van der Waals surface area contributed by atoms with E-state index in [0.717, 1.165) is 12.2 Å². The first-order valence-corrected chi connectivity index (χ1v) is 5.93. The molecule has 0 radical (unpaired) electrons. The second kappa shape index (κ2) is 5.75. The quantitative estimate of drug-likeness (QED) is 0.800. The van der Waals surface area contributed by atoms with Crippen molar-refractivity contribution in [3.8, 4) is 0 Å². The molecule has 1 aromatic rings. The Hall–Kier alpha value is -1.04. The van der Waals surface area contributed by atoms with Crippen LogP contribution in [0.2, 0.25) is 0 Å². The fourth-order valence-electron chi connectivity index (χ4n) is 0.971. The van der Waals surface area contributed by atoms with E-state index in [1.165, 1.54) is 6.20 Å². The Morgan fingerprint density at radius 3 is 3.00 bits per heavy atom. The number of thioether (sulfide) groups is 1. The average molecular weight is 229 g/mol. The van der Waals surface area contributed by atoms with Gasteiger partial charge in [0.2, 0.25) is 0 Å². The van der Waals surface area contributed by atoms with Gasteiger partial charge in [0.05, 0.1) is 12.7 Å². The van der Waals surface area contributed by atoms with Gasteiger partial charge in [0, 0.05) is 11.0 Å². The zero-order valence-electron chi connectivity index (χ0n) is 8.88. The summed E-state index contributed by atoms with van der Waals surface area (Å²) in [6.07, 6.45) is 2.60. The molecule has 1 atom stereocenters. The molecule has 0 aliphatic heterocycles. The summed E-state index contributed by atoms with van der Waals surface area (Å²) in [5, 5.41) is 16.5. The van der Waals surface area contributed by atoms with Crippen molar-refractivity contribution in [2.45, 2.75) is 32.1 Å². The van der Waals surface area contributed by atoms with Crippen LogP contribution in [0.1, 0.15) is 30.8 Å². The Morgan fingerprint density at radius 2 is 2.47 bits per heavy atom. The van der Waals surface area contributed by atoms with Crippen LogP contribution >= 0.6 is 11.8 Å². The number of nitrogens with zero attached hydrogens (tertiary/aromatic N) is 3. The van der Waals surface area contributed by atoms with Crippen molar-refractivity contribution < 1.29 is 9.90 Å². The number of carbonyl (C=O) groups is 1. The van der Waals surface area contributed by atoms with Gasteiger partial charge >= 0.3 is 5.97 Å². The first kappa shape index (κ1) is 12.0. The van der Waals surface area contributed by atoms with Gasteiger partial charge in [0.25, 0.3) is 0 Å². The number of carboxylic acids is 1. The van der Waals surface area contributed by atoms with Gasteiger partial charge in [-0.05, 0) is 6.42 Å². The van der Waals surface area contributed by atoms with E-state index < -0.39 is 5.97 Å². The van der Waals surface area contributed by atoms with Crippen molar-refractivity contribution in [3.63, 3.8) is 0 Å². The minimum atomic E-state index is -1.03. The van der Waals surface area contributed by atoms with E-state index >= 15 is 0 Å². The molecule has 0 saturated heterocycles. The average Bonchev–Trinajstić information content (AvgIpc) is 2.66. The van der Waals surface area contributed by atoms with Crippen LogP contribution in [0.3, 0.4) is 0 Å². The Kier molecular flexibility index (Phi) is 4.61. The van der Waals surface area contributed by atoms with Gasteiger partial charge in [-0.15, -0.1) is 5.10 Å². The van der Waals surface area contributed by atoms with Gasteiger partial charge in [-0.2, -0.15) is 11.8 Å². The fraction of sp³-hybridized carbons (Fsp3) is 0.667. The highest BCUT2D eigenvalue weighted by Crippen LogP contribution is 2.13. The molecule has 0 fully saturated rings. The normalized spacial score (nSPS) is 12.7. The van der Waals surface area contributed by atoms with Gasteiger partial charge in [-0.3, -0.25) is 4.68 Å². The highest BCUT2D eigenvalue weighted by atomic mass is 32.2. The van der Waals surface area contributed by atoms with E-state index in [1.807, 2.05) is 11.8 Å². The lowest BCUT2D eigenvalue weighted by atomic mass is 10.4. The maximum atomic E-state index is 10.5. The van der Waals surface area contributed by atoms with Crippen molar-refractivity contribution in [3.05, 3.63) is 11.9 Å². The summed E-state index contributed by atoms with van der Waals surface area (Å²) in [4.78, 5) is 10.5. The molecule has 0 amide bonds. The van der Waals surface area contributed by atoms with Gasteiger partial charge < -0.3 is 5.11 Å². The van der Waals surface area contributed by atoms with E-state index in [-0.39, 0.29) is 5.69 Å². The lowest BCUT2D eigenvalue weighted by Gasteiger charge is -2.06. The third-order valence-electron chi connectivity index (χ3n) is 2.06. The molecule has 0 aliphatic carbocycles. The summed E-state index contributed by atoms with van der Waals surface area (Å²) in [5.41, 5.74) is 0.00328. The minimum Gasteiger partial charge on any atom is -0.476 e. The second-order valence-electron chi connectivity index (χ2n) is 3.26. The maximum absolute atomic E-state index is 10.5. The molecule has 1 unspecified atom stereocenters. The van der Waals surface area contributed by atoms with E-state index in [1.54, 1.807) is 4.68 Å². The summed E-state index contributed by atoms with van der Waals surface area (Å²) in [5.74, 6) is -0.104. The zero-order chi connectivity index (χ0) is 11.3. The van der Waals surface area contributed by atoms with Gasteiger partial charge in [-0.1, -0.05) is 19.1 Å². The lowest BCUT2D eigenvalue weighted by molar-refractivity contribution is 0.0690. The third kappa shape index (κ3) is 3.91. The van der Waals surface area contributed by atoms with Gasteiger partial charge in [0.1, 0.15) is 0 Å². The van der Waals surface area contributed by atoms with Crippen molar-refractivity contribution >= 4 is 17.7 Å². The van der Waals surface area contributed by atoms with E-state index in [0.29, 0.717) is 11.8 Å². The van der Waals surface area contributed by atoms with Crippen LogP contribution < -0.4 is 0 Å². The fourth-order valence-corrected chi connectivity index (χ4v) is 1.90. The molecule has 6 heteroatoms. The van der Waals surface area contributed by atoms with Gasteiger partial charge in [-0.25, -0.2) is 4.79 Å². The summed E-state index contributed by atoms with van der Waals surface area (Å²) < 4.78 is 1.57. The standard InChI is InChI=1S/C9H15N3O2S/c1-3-7(2)15-5-4-12-6-8(9(13)14)10-11-12/h6-7H,3-5H2,1-2H3,(H,13,14). The third-order valence-corrected chi connectivity index (χ3v) is 3.38. The van der Waals surface area contributed by atoms with Crippen LogP contribution in [0.15, 0.2) is 6.20 Å². The van der Waals surface area contributed by atoms with Crippen LogP contribution in [0, 0.1) is 0 Å². The van der Waals surface area contributed by atoms with Crippen LogP contribution in [-0.2, 0) is 6.54 Å². The zero-order valence-corrected chi connectivity index (χ0v) is 9.70. The highest BCUT2D eigenvalue weighted by Gasteiger charge is 2.07. The van der Waals surface area contributed by atoms with Crippen LogP contribution in [-0.4, -0.2) is 37.1 Å². The summed E-state index contributed by atoms with van der Waals surface area (Å²) in [6, 6.07) is 0. The molecular formula is C9H15N3O2S.